The highest BCUT2D eigenvalue weighted by Gasteiger charge is 2.29. The molecule has 3 rings (SSSR count). The van der Waals surface area contributed by atoms with Crippen molar-refractivity contribution < 1.29 is 9.47 Å². The monoisotopic (exact) mass is 276 g/mol. The van der Waals surface area contributed by atoms with E-state index >= 15 is 0 Å². The quantitative estimate of drug-likeness (QED) is 0.912. The highest BCUT2D eigenvalue weighted by Crippen LogP contribution is 2.32. The van der Waals surface area contributed by atoms with Gasteiger partial charge in [-0.2, -0.15) is 0 Å². The summed E-state index contributed by atoms with van der Waals surface area (Å²) in [7, 11) is 3.41. The second kappa shape index (κ2) is 6.02. The van der Waals surface area contributed by atoms with Gasteiger partial charge < -0.3 is 14.8 Å². The Morgan fingerprint density at radius 2 is 2.00 bits per heavy atom. The predicted molar refractivity (Wildman–Crippen MR) is 79.4 cm³/mol. The van der Waals surface area contributed by atoms with Crippen LogP contribution in [-0.4, -0.2) is 44.3 Å². The molecule has 4 nitrogen and oxygen atoms in total. The second-order valence-electron chi connectivity index (χ2n) is 5.81. The van der Waals surface area contributed by atoms with Crippen LogP contribution < -0.4 is 14.8 Å². The number of rotatable bonds is 4. The van der Waals surface area contributed by atoms with E-state index in [0.717, 1.165) is 37.2 Å². The number of methoxy groups -OCH3 is 2. The lowest BCUT2D eigenvalue weighted by atomic mass is 10.1. The molecule has 0 aromatic heterocycles. The fourth-order valence-corrected chi connectivity index (χ4v) is 3.48. The highest BCUT2D eigenvalue weighted by atomic mass is 16.5. The average Bonchev–Trinajstić information content (AvgIpc) is 2.81. The molecule has 2 saturated heterocycles. The molecule has 110 valence electrons. The molecule has 2 aliphatic rings. The number of benzene rings is 1. The average molecular weight is 276 g/mol. The van der Waals surface area contributed by atoms with Gasteiger partial charge in [0.2, 0.25) is 0 Å². The smallest absolute Gasteiger partial charge is 0.165 e. The van der Waals surface area contributed by atoms with Crippen LogP contribution in [0.4, 0.5) is 0 Å². The highest BCUT2D eigenvalue weighted by molar-refractivity contribution is 5.46. The molecule has 2 atom stereocenters. The Labute approximate surface area is 121 Å². The topological polar surface area (TPSA) is 33.7 Å². The Morgan fingerprint density at radius 3 is 2.80 bits per heavy atom. The lowest BCUT2D eigenvalue weighted by molar-refractivity contribution is 0.245. The molecule has 0 spiro atoms. The maximum atomic E-state index is 5.53. The second-order valence-corrected chi connectivity index (χ2v) is 5.81. The molecular weight excluding hydrogens is 252 g/mol. The van der Waals surface area contributed by atoms with Crippen LogP contribution in [0.15, 0.2) is 18.2 Å². The van der Waals surface area contributed by atoms with Crippen LogP contribution in [0.2, 0.25) is 0 Å². The largest absolute Gasteiger partial charge is 0.493 e. The van der Waals surface area contributed by atoms with E-state index in [4.69, 9.17) is 9.47 Å². The maximum absolute atomic E-state index is 5.53. The van der Waals surface area contributed by atoms with Crippen molar-refractivity contribution in [1.29, 1.82) is 0 Å². The summed E-state index contributed by atoms with van der Waals surface area (Å²) in [5.41, 5.74) is 1.21. The van der Waals surface area contributed by atoms with E-state index in [1.165, 1.54) is 24.8 Å². The Morgan fingerprint density at radius 1 is 1.15 bits per heavy atom. The molecule has 0 aliphatic carbocycles. The van der Waals surface area contributed by atoms with Crippen LogP contribution >= 0.6 is 0 Å². The number of hydrogen-bond acceptors (Lipinski definition) is 4. The summed E-state index contributed by atoms with van der Waals surface area (Å²) in [5.74, 6) is 1.69. The van der Waals surface area contributed by atoms with E-state index in [1.807, 2.05) is 12.1 Å². The molecule has 1 aromatic carbocycles. The minimum atomic E-state index is 0.666. The first-order chi connectivity index (χ1) is 9.80. The van der Waals surface area contributed by atoms with Gasteiger partial charge in [0, 0.05) is 37.3 Å². The summed E-state index contributed by atoms with van der Waals surface area (Å²) in [4.78, 5) is 2.54. The molecule has 2 fully saturated rings. The first-order valence-corrected chi connectivity index (χ1v) is 7.48. The Balaban J connectivity index is 1.74. The van der Waals surface area contributed by atoms with Crippen LogP contribution in [0.25, 0.3) is 0 Å². The number of nitrogens with one attached hydrogen (secondary N) is 1. The molecule has 2 unspecified atom stereocenters. The van der Waals surface area contributed by atoms with Crippen LogP contribution in [0.1, 0.15) is 24.8 Å². The number of para-hydroxylation sites is 1. The van der Waals surface area contributed by atoms with Gasteiger partial charge in [0.15, 0.2) is 11.5 Å². The van der Waals surface area contributed by atoms with Gasteiger partial charge in [0.05, 0.1) is 14.2 Å². The van der Waals surface area contributed by atoms with Gasteiger partial charge in [-0.1, -0.05) is 12.1 Å². The van der Waals surface area contributed by atoms with E-state index in [9.17, 15) is 0 Å². The predicted octanol–water partition coefficient (Wildman–Crippen LogP) is 2.03. The van der Waals surface area contributed by atoms with E-state index in [1.54, 1.807) is 14.2 Å². The Hall–Kier alpha value is -1.26. The van der Waals surface area contributed by atoms with Crippen molar-refractivity contribution in [2.45, 2.75) is 37.9 Å². The molecule has 4 heteroatoms. The zero-order valence-corrected chi connectivity index (χ0v) is 12.4. The number of fused-ring (bicyclic) bond motifs is 2. The van der Waals surface area contributed by atoms with Crippen LogP contribution in [0.3, 0.4) is 0 Å². The first-order valence-electron chi connectivity index (χ1n) is 7.48. The third kappa shape index (κ3) is 2.76. The fraction of sp³-hybridized carbons (Fsp3) is 0.625. The van der Waals surface area contributed by atoms with Crippen molar-refractivity contribution in [3.63, 3.8) is 0 Å². The first kappa shape index (κ1) is 13.7. The van der Waals surface area contributed by atoms with Gasteiger partial charge >= 0.3 is 0 Å². The number of likely N-dealkylation sites (tertiary alicyclic amines) is 1. The lowest BCUT2D eigenvalue weighted by Gasteiger charge is -2.25. The van der Waals surface area contributed by atoms with E-state index in [0.29, 0.717) is 6.04 Å². The summed E-state index contributed by atoms with van der Waals surface area (Å²) < 4.78 is 10.9. The molecule has 1 N–H and O–H groups in total. The zero-order valence-electron chi connectivity index (χ0n) is 12.4. The van der Waals surface area contributed by atoms with Crippen LogP contribution in [-0.2, 0) is 6.54 Å². The number of ether oxygens (including phenoxy) is 2. The standard InChI is InChI=1S/C16H24N2O2/c1-19-15-5-3-4-12(16(15)20-2)10-18-9-8-13-6-7-14(11-18)17-13/h3-5,13-14,17H,6-11H2,1-2H3. The Kier molecular flexibility index (Phi) is 4.13. The molecular formula is C16H24N2O2. The SMILES string of the molecule is COc1cccc(CN2CCC3CCC(C2)N3)c1OC. The van der Waals surface area contributed by atoms with Crippen molar-refractivity contribution in [2.24, 2.45) is 0 Å². The van der Waals surface area contributed by atoms with Crippen molar-refractivity contribution in [3.05, 3.63) is 23.8 Å². The van der Waals surface area contributed by atoms with Crippen molar-refractivity contribution in [3.8, 4) is 11.5 Å². The van der Waals surface area contributed by atoms with Gasteiger partial charge in [-0.15, -0.1) is 0 Å². The maximum Gasteiger partial charge on any atom is 0.165 e. The lowest BCUT2D eigenvalue weighted by Crippen LogP contribution is -2.35. The summed E-state index contributed by atoms with van der Waals surface area (Å²) >= 11 is 0. The van der Waals surface area contributed by atoms with Crippen molar-refractivity contribution in [1.82, 2.24) is 10.2 Å². The van der Waals surface area contributed by atoms with Crippen molar-refractivity contribution >= 4 is 0 Å². The van der Waals surface area contributed by atoms with Gasteiger partial charge in [-0.25, -0.2) is 0 Å². The van der Waals surface area contributed by atoms with Gasteiger partial charge in [-0.05, 0) is 25.3 Å². The molecule has 2 aliphatic heterocycles. The molecule has 0 radical (unpaired) electrons. The summed E-state index contributed by atoms with van der Waals surface area (Å²) in [6.45, 7) is 3.23. The molecule has 20 heavy (non-hydrogen) atoms. The number of nitrogens with zero attached hydrogens (tertiary/aromatic N) is 1. The molecule has 1 aromatic rings. The number of hydrogen-bond donors (Lipinski definition) is 1. The van der Waals surface area contributed by atoms with E-state index < -0.39 is 0 Å². The minimum Gasteiger partial charge on any atom is -0.493 e. The molecule has 2 heterocycles. The molecule has 0 amide bonds. The van der Waals surface area contributed by atoms with E-state index in [2.05, 4.69) is 16.3 Å². The minimum absolute atomic E-state index is 0.666. The summed E-state index contributed by atoms with van der Waals surface area (Å²) in [5, 5.41) is 3.72. The normalized spacial score (nSPS) is 26.3. The van der Waals surface area contributed by atoms with Crippen molar-refractivity contribution in [2.75, 3.05) is 27.3 Å². The van der Waals surface area contributed by atoms with Crippen LogP contribution in [0.5, 0.6) is 11.5 Å². The van der Waals surface area contributed by atoms with Gasteiger partial charge in [-0.3, -0.25) is 4.90 Å². The molecule has 2 bridgehead atoms. The third-order valence-corrected chi connectivity index (χ3v) is 4.49. The third-order valence-electron chi connectivity index (χ3n) is 4.49. The summed E-state index contributed by atoms with van der Waals surface area (Å²) in [6, 6.07) is 7.53. The molecule has 0 saturated carbocycles. The van der Waals surface area contributed by atoms with Gasteiger partial charge in [0.1, 0.15) is 0 Å². The van der Waals surface area contributed by atoms with Gasteiger partial charge in [0.25, 0.3) is 0 Å². The van der Waals surface area contributed by atoms with E-state index in [-0.39, 0.29) is 0 Å². The zero-order chi connectivity index (χ0) is 13.9. The van der Waals surface area contributed by atoms with Crippen LogP contribution in [0, 0.1) is 0 Å². The summed E-state index contributed by atoms with van der Waals surface area (Å²) in [6.07, 6.45) is 3.92. The fourth-order valence-electron chi connectivity index (χ4n) is 3.48. The Bertz CT molecular complexity index is 464.